The minimum atomic E-state index is -0.745. The Balaban J connectivity index is 3.14. The van der Waals surface area contributed by atoms with Crippen molar-refractivity contribution < 1.29 is 19.4 Å². The standard InChI is InChI=1S/C9H18O4S/c1-8(7-9(10)11)14-6-5-13-4-3-12-2/h8H,3-7H2,1-2H3,(H,10,11). The summed E-state index contributed by atoms with van der Waals surface area (Å²) in [5, 5.41) is 8.65. The molecule has 0 aromatic heterocycles. The van der Waals surface area contributed by atoms with Gasteiger partial charge in [0, 0.05) is 18.1 Å². The van der Waals surface area contributed by atoms with Crippen molar-refractivity contribution in [3.63, 3.8) is 0 Å². The summed E-state index contributed by atoms with van der Waals surface area (Å²) in [5.41, 5.74) is 0. The molecule has 4 nitrogen and oxygen atoms in total. The van der Waals surface area contributed by atoms with E-state index >= 15 is 0 Å². The van der Waals surface area contributed by atoms with Crippen LogP contribution in [0.3, 0.4) is 0 Å². The maximum absolute atomic E-state index is 10.3. The molecule has 0 amide bonds. The molecule has 5 heteroatoms. The molecule has 0 saturated carbocycles. The van der Waals surface area contributed by atoms with Gasteiger partial charge in [0.1, 0.15) is 0 Å². The van der Waals surface area contributed by atoms with Crippen molar-refractivity contribution in [1.82, 2.24) is 0 Å². The van der Waals surface area contributed by atoms with Gasteiger partial charge in [-0.1, -0.05) is 6.92 Å². The highest BCUT2D eigenvalue weighted by Crippen LogP contribution is 2.13. The first-order valence-corrected chi connectivity index (χ1v) is 5.61. The maximum atomic E-state index is 10.3. The number of aliphatic carboxylic acids is 1. The SMILES string of the molecule is COCCOCCSC(C)CC(=O)O. The molecule has 1 unspecified atom stereocenters. The monoisotopic (exact) mass is 222 g/mol. The Morgan fingerprint density at radius 1 is 1.43 bits per heavy atom. The number of methoxy groups -OCH3 is 1. The van der Waals surface area contributed by atoms with Crippen LogP contribution in [0, 0.1) is 0 Å². The fraction of sp³-hybridized carbons (Fsp3) is 0.889. The summed E-state index contributed by atoms with van der Waals surface area (Å²) in [4.78, 5) is 10.3. The first-order chi connectivity index (χ1) is 6.66. The number of carboxylic acids is 1. The second-order valence-electron chi connectivity index (χ2n) is 2.88. The van der Waals surface area contributed by atoms with Gasteiger partial charge in [0.25, 0.3) is 0 Å². The minimum absolute atomic E-state index is 0.151. The highest BCUT2D eigenvalue weighted by Gasteiger charge is 2.06. The van der Waals surface area contributed by atoms with Crippen LogP contribution in [0.4, 0.5) is 0 Å². The van der Waals surface area contributed by atoms with Gasteiger partial charge >= 0.3 is 5.97 Å². The van der Waals surface area contributed by atoms with Gasteiger partial charge in [-0.3, -0.25) is 4.79 Å². The maximum Gasteiger partial charge on any atom is 0.304 e. The summed E-state index contributed by atoms with van der Waals surface area (Å²) in [5.74, 6) is 0.0864. The van der Waals surface area contributed by atoms with E-state index in [1.54, 1.807) is 18.9 Å². The molecule has 0 aromatic carbocycles. The summed E-state index contributed by atoms with van der Waals surface area (Å²) in [6.07, 6.45) is 0.211. The van der Waals surface area contributed by atoms with Crippen LogP contribution in [-0.2, 0) is 14.3 Å². The molecular formula is C9H18O4S. The highest BCUT2D eigenvalue weighted by atomic mass is 32.2. The van der Waals surface area contributed by atoms with E-state index in [0.29, 0.717) is 19.8 Å². The number of ether oxygens (including phenoxy) is 2. The normalized spacial score (nSPS) is 12.7. The average molecular weight is 222 g/mol. The van der Waals surface area contributed by atoms with E-state index < -0.39 is 5.97 Å². The molecule has 0 aromatic rings. The topological polar surface area (TPSA) is 55.8 Å². The van der Waals surface area contributed by atoms with Gasteiger partial charge < -0.3 is 14.6 Å². The average Bonchev–Trinajstić information content (AvgIpc) is 2.10. The molecule has 84 valence electrons. The fourth-order valence-corrected chi connectivity index (χ4v) is 1.73. The Hall–Kier alpha value is -0.260. The van der Waals surface area contributed by atoms with Crippen LogP contribution in [-0.4, -0.2) is 49.0 Å². The zero-order chi connectivity index (χ0) is 10.8. The fourth-order valence-electron chi connectivity index (χ4n) is 0.857. The van der Waals surface area contributed by atoms with E-state index in [2.05, 4.69) is 0 Å². The van der Waals surface area contributed by atoms with Gasteiger partial charge in [-0.15, -0.1) is 0 Å². The molecule has 0 aliphatic rings. The Morgan fingerprint density at radius 3 is 2.71 bits per heavy atom. The van der Waals surface area contributed by atoms with E-state index in [1.165, 1.54) is 0 Å². The minimum Gasteiger partial charge on any atom is -0.481 e. The predicted octanol–water partition coefficient (Wildman–Crippen LogP) is 1.25. The molecule has 0 bridgehead atoms. The lowest BCUT2D eigenvalue weighted by molar-refractivity contribution is -0.136. The summed E-state index contributed by atoms with van der Waals surface area (Å²) in [7, 11) is 1.63. The summed E-state index contributed by atoms with van der Waals surface area (Å²) < 4.78 is 10.0. The van der Waals surface area contributed by atoms with Gasteiger partial charge in [0.2, 0.25) is 0 Å². The van der Waals surface area contributed by atoms with Crippen molar-refractivity contribution in [2.75, 3.05) is 32.7 Å². The van der Waals surface area contributed by atoms with Crippen LogP contribution in [0.1, 0.15) is 13.3 Å². The third-order valence-electron chi connectivity index (χ3n) is 1.52. The molecule has 1 atom stereocenters. The molecule has 1 N–H and O–H groups in total. The van der Waals surface area contributed by atoms with Crippen LogP contribution >= 0.6 is 11.8 Å². The number of hydrogen-bond donors (Lipinski definition) is 1. The van der Waals surface area contributed by atoms with Crippen LogP contribution in [0.25, 0.3) is 0 Å². The zero-order valence-corrected chi connectivity index (χ0v) is 9.51. The molecule has 0 spiro atoms. The van der Waals surface area contributed by atoms with Crippen LogP contribution < -0.4 is 0 Å². The van der Waals surface area contributed by atoms with E-state index in [-0.39, 0.29) is 11.7 Å². The smallest absolute Gasteiger partial charge is 0.304 e. The van der Waals surface area contributed by atoms with Crippen molar-refractivity contribution in [3.05, 3.63) is 0 Å². The molecule has 0 radical (unpaired) electrons. The second kappa shape index (κ2) is 9.30. The number of thioether (sulfide) groups is 1. The summed E-state index contributed by atoms with van der Waals surface area (Å²) >= 11 is 1.62. The number of carboxylic acid groups (broad SMARTS) is 1. The van der Waals surface area contributed by atoms with E-state index in [9.17, 15) is 4.79 Å². The quantitative estimate of drug-likeness (QED) is 0.595. The lowest BCUT2D eigenvalue weighted by atomic mass is 10.3. The Bertz CT molecular complexity index is 152. The van der Waals surface area contributed by atoms with Crippen molar-refractivity contribution in [2.24, 2.45) is 0 Å². The number of rotatable bonds is 9. The third kappa shape index (κ3) is 9.83. The second-order valence-corrected chi connectivity index (χ2v) is 4.43. The first kappa shape index (κ1) is 13.7. The molecule has 0 saturated heterocycles. The van der Waals surface area contributed by atoms with Crippen molar-refractivity contribution in [1.29, 1.82) is 0 Å². The lowest BCUT2D eigenvalue weighted by Gasteiger charge is -2.08. The van der Waals surface area contributed by atoms with Crippen molar-refractivity contribution in [3.8, 4) is 0 Å². The summed E-state index contributed by atoms with van der Waals surface area (Å²) in [6.45, 7) is 3.77. The molecule has 0 aliphatic carbocycles. The van der Waals surface area contributed by atoms with Gasteiger partial charge in [-0.05, 0) is 0 Å². The lowest BCUT2D eigenvalue weighted by Crippen LogP contribution is -2.09. The van der Waals surface area contributed by atoms with Crippen molar-refractivity contribution in [2.45, 2.75) is 18.6 Å². The first-order valence-electron chi connectivity index (χ1n) is 4.57. The molecule has 0 heterocycles. The Morgan fingerprint density at radius 2 is 2.14 bits per heavy atom. The van der Waals surface area contributed by atoms with Crippen LogP contribution in [0.5, 0.6) is 0 Å². The van der Waals surface area contributed by atoms with Gasteiger partial charge in [0.15, 0.2) is 0 Å². The van der Waals surface area contributed by atoms with Gasteiger partial charge in [-0.25, -0.2) is 0 Å². The van der Waals surface area contributed by atoms with E-state index in [4.69, 9.17) is 14.6 Å². The van der Waals surface area contributed by atoms with Crippen LogP contribution in [0.15, 0.2) is 0 Å². The van der Waals surface area contributed by atoms with Crippen LogP contribution in [0.2, 0.25) is 0 Å². The molecule has 0 fully saturated rings. The van der Waals surface area contributed by atoms with Crippen molar-refractivity contribution >= 4 is 17.7 Å². The molecule has 0 rings (SSSR count). The highest BCUT2D eigenvalue weighted by molar-refractivity contribution is 7.99. The zero-order valence-electron chi connectivity index (χ0n) is 8.69. The molecular weight excluding hydrogens is 204 g/mol. The largest absolute Gasteiger partial charge is 0.481 e. The van der Waals surface area contributed by atoms with E-state index in [0.717, 1.165) is 5.75 Å². The number of hydrogen-bond acceptors (Lipinski definition) is 4. The molecule has 14 heavy (non-hydrogen) atoms. The third-order valence-corrected chi connectivity index (χ3v) is 2.66. The Kier molecular flexibility index (Phi) is 9.13. The predicted molar refractivity (Wildman–Crippen MR) is 56.9 cm³/mol. The Labute approximate surface area is 89.0 Å². The molecule has 0 aliphatic heterocycles. The van der Waals surface area contributed by atoms with E-state index in [1.807, 2.05) is 6.92 Å². The summed E-state index contributed by atoms with van der Waals surface area (Å²) in [6, 6.07) is 0. The number of carbonyl (C=O) groups is 1. The van der Waals surface area contributed by atoms with Gasteiger partial charge in [-0.2, -0.15) is 11.8 Å². The van der Waals surface area contributed by atoms with Gasteiger partial charge in [0.05, 0.1) is 26.2 Å².